The van der Waals surface area contributed by atoms with Gasteiger partial charge in [-0.05, 0) is 0 Å². The Morgan fingerprint density at radius 2 is 2.16 bits per heavy atom. The lowest BCUT2D eigenvalue weighted by Crippen LogP contribution is -2.28. The Morgan fingerprint density at radius 3 is 2.68 bits per heavy atom. The van der Waals surface area contributed by atoms with Crippen LogP contribution >= 0.6 is 11.3 Å². The topological polar surface area (TPSA) is 85.4 Å². The number of sulfonamides is 1. The molecule has 0 unspecified atom stereocenters. The summed E-state index contributed by atoms with van der Waals surface area (Å²) in [7, 11) is -3.18. The van der Waals surface area contributed by atoms with Crippen molar-refractivity contribution in [3.63, 3.8) is 0 Å². The van der Waals surface area contributed by atoms with Crippen LogP contribution in [0.25, 0.3) is 0 Å². The first-order valence-corrected chi connectivity index (χ1v) is 7.12. The highest BCUT2D eigenvalue weighted by molar-refractivity contribution is 7.91. The second kappa shape index (κ2) is 5.84. The van der Waals surface area contributed by atoms with Crippen molar-refractivity contribution in [2.45, 2.75) is 16.8 Å². The van der Waals surface area contributed by atoms with E-state index in [4.69, 9.17) is 0 Å². The molecular formula is C8H9F3N2O4S2. The van der Waals surface area contributed by atoms with Gasteiger partial charge in [-0.15, -0.1) is 11.3 Å². The molecule has 0 aliphatic heterocycles. The van der Waals surface area contributed by atoms with Crippen molar-refractivity contribution in [2.75, 3.05) is 13.7 Å². The molecule has 0 amide bonds. The van der Waals surface area contributed by atoms with Crippen molar-refractivity contribution in [1.29, 1.82) is 0 Å². The Kier molecular flexibility index (Phi) is 4.87. The summed E-state index contributed by atoms with van der Waals surface area (Å²) in [5.41, 5.74) is 0.636. The molecule has 0 bridgehead atoms. The molecule has 1 aromatic heterocycles. The van der Waals surface area contributed by atoms with E-state index < -0.39 is 45.0 Å². The van der Waals surface area contributed by atoms with Gasteiger partial charge in [0, 0.05) is 6.54 Å². The third kappa shape index (κ3) is 4.44. The number of nitrogens with zero attached hydrogens (tertiary/aromatic N) is 1. The second-order valence-electron chi connectivity index (χ2n) is 3.24. The lowest BCUT2D eigenvalue weighted by molar-refractivity contribution is -0.132. The molecule has 0 fully saturated rings. The molecule has 1 heterocycles. The Bertz CT molecular complexity index is 553. The second-order valence-corrected chi connectivity index (χ2v) is 6.06. The van der Waals surface area contributed by atoms with Crippen molar-refractivity contribution >= 4 is 27.3 Å². The molecule has 0 spiro atoms. The summed E-state index contributed by atoms with van der Waals surface area (Å²) >= 11 is 0.614. The zero-order chi connectivity index (χ0) is 14.7. The summed E-state index contributed by atoms with van der Waals surface area (Å²) < 4.78 is 64.8. The van der Waals surface area contributed by atoms with Crippen molar-refractivity contribution < 1.29 is 31.1 Å². The third-order valence-corrected chi connectivity index (χ3v) is 4.69. The lowest BCUT2D eigenvalue weighted by atomic mass is 10.4. The molecule has 1 aromatic rings. The first-order chi connectivity index (χ1) is 8.67. The van der Waals surface area contributed by atoms with Gasteiger partial charge >= 0.3 is 12.1 Å². The highest BCUT2D eigenvalue weighted by Crippen LogP contribution is 2.22. The minimum atomic E-state index is -4.47. The Labute approximate surface area is 110 Å². The molecule has 19 heavy (non-hydrogen) atoms. The van der Waals surface area contributed by atoms with Crippen LogP contribution in [0.15, 0.2) is 9.72 Å². The van der Waals surface area contributed by atoms with Gasteiger partial charge in [0.15, 0.2) is 9.90 Å². The van der Waals surface area contributed by atoms with E-state index in [0.29, 0.717) is 11.3 Å². The first-order valence-electron chi connectivity index (χ1n) is 4.75. The van der Waals surface area contributed by atoms with Gasteiger partial charge in [-0.3, -0.25) is 0 Å². The number of alkyl halides is 3. The average molecular weight is 318 g/mol. The van der Waals surface area contributed by atoms with Gasteiger partial charge < -0.3 is 4.74 Å². The van der Waals surface area contributed by atoms with Crippen LogP contribution in [0.2, 0.25) is 0 Å². The predicted octanol–water partition coefficient (Wildman–Crippen LogP) is 1.16. The summed E-state index contributed by atoms with van der Waals surface area (Å²) in [6.45, 7) is -0.815. The summed E-state index contributed by atoms with van der Waals surface area (Å²) in [5.74, 6) is -0.975. The number of esters is 1. The van der Waals surface area contributed by atoms with E-state index in [1.54, 1.807) is 4.72 Å². The van der Waals surface area contributed by atoms with Crippen LogP contribution in [0.1, 0.15) is 16.9 Å². The Morgan fingerprint density at radius 1 is 1.53 bits per heavy atom. The predicted molar refractivity (Wildman–Crippen MR) is 59.3 cm³/mol. The van der Waals surface area contributed by atoms with Gasteiger partial charge in [-0.1, -0.05) is 0 Å². The van der Waals surface area contributed by atoms with E-state index in [9.17, 15) is 26.4 Å². The van der Waals surface area contributed by atoms with Crippen LogP contribution in [-0.4, -0.2) is 39.2 Å². The van der Waals surface area contributed by atoms with Crippen molar-refractivity contribution in [1.82, 2.24) is 9.71 Å². The van der Waals surface area contributed by atoms with Gasteiger partial charge in [0.25, 0.3) is 10.0 Å². The quantitative estimate of drug-likeness (QED) is 0.824. The number of ether oxygens (including phenoxy) is 1. The summed E-state index contributed by atoms with van der Waals surface area (Å²) in [6.07, 6.45) is -5.78. The number of nitrogens with one attached hydrogen (secondary N) is 1. The first kappa shape index (κ1) is 15.9. The largest absolute Gasteiger partial charge is 0.464 e. The average Bonchev–Trinajstić information content (AvgIpc) is 2.75. The van der Waals surface area contributed by atoms with Gasteiger partial charge in [-0.2, -0.15) is 13.2 Å². The molecule has 1 rings (SSSR count). The van der Waals surface area contributed by atoms with E-state index in [0.717, 1.165) is 12.6 Å². The van der Waals surface area contributed by atoms with E-state index in [1.165, 1.54) is 0 Å². The van der Waals surface area contributed by atoms with E-state index in [-0.39, 0.29) is 0 Å². The standard InChI is InChI=1S/C8H9F3N2O4S2/c1-17-6(14)5-7(18-4-12-5)19(15,16)13-3-2-8(9,10)11/h4,13H,2-3H2,1H3. The molecule has 0 aliphatic carbocycles. The monoisotopic (exact) mass is 318 g/mol. The van der Waals surface area contributed by atoms with Crippen LogP contribution in [0.5, 0.6) is 0 Å². The highest BCUT2D eigenvalue weighted by atomic mass is 32.2. The summed E-state index contributed by atoms with van der Waals surface area (Å²) in [6, 6.07) is 0. The number of halogens is 3. The maximum atomic E-state index is 11.9. The van der Waals surface area contributed by atoms with E-state index >= 15 is 0 Å². The Balaban J connectivity index is 2.84. The minimum absolute atomic E-state index is 0.452. The lowest BCUT2D eigenvalue weighted by Gasteiger charge is -2.08. The van der Waals surface area contributed by atoms with Gasteiger partial charge in [-0.25, -0.2) is 22.9 Å². The van der Waals surface area contributed by atoms with Gasteiger partial charge in [0.05, 0.1) is 19.0 Å². The molecule has 0 radical (unpaired) electrons. The third-order valence-electron chi connectivity index (χ3n) is 1.86. The number of methoxy groups -OCH3 is 1. The fraction of sp³-hybridized carbons (Fsp3) is 0.500. The maximum absolute atomic E-state index is 11.9. The molecule has 6 nitrogen and oxygen atoms in total. The zero-order valence-corrected chi connectivity index (χ0v) is 11.2. The summed E-state index contributed by atoms with van der Waals surface area (Å²) in [4.78, 5) is 14.7. The smallest absolute Gasteiger partial charge is 0.390 e. The van der Waals surface area contributed by atoms with Crippen LogP contribution in [0.4, 0.5) is 13.2 Å². The summed E-state index contributed by atoms with van der Waals surface area (Å²) in [5, 5.41) is 0. The fourth-order valence-corrected chi connectivity index (χ4v) is 3.26. The number of aromatic nitrogens is 1. The minimum Gasteiger partial charge on any atom is -0.464 e. The molecule has 0 aromatic carbocycles. The number of carbonyl (C=O) groups excluding carboxylic acids is 1. The number of hydrogen-bond donors (Lipinski definition) is 1. The maximum Gasteiger partial charge on any atom is 0.390 e. The van der Waals surface area contributed by atoms with E-state index in [1.807, 2.05) is 0 Å². The molecule has 1 N–H and O–H groups in total. The van der Waals surface area contributed by atoms with Crippen molar-refractivity contribution in [3.05, 3.63) is 11.2 Å². The van der Waals surface area contributed by atoms with Crippen LogP contribution in [0, 0.1) is 0 Å². The van der Waals surface area contributed by atoms with Crippen LogP contribution in [-0.2, 0) is 14.8 Å². The molecule has 0 atom stereocenters. The molecule has 0 saturated carbocycles. The number of rotatable bonds is 5. The highest BCUT2D eigenvalue weighted by Gasteiger charge is 2.30. The Hall–Kier alpha value is -1.20. The normalized spacial score (nSPS) is 12.4. The number of carbonyl (C=O) groups is 1. The molecule has 108 valence electrons. The SMILES string of the molecule is COC(=O)c1ncsc1S(=O)(=O)NCCC(F)(F)F. The molecular weight excluding hydrogens is 309 g/mol. The van der Waals surface area contributed by atoms with Gasteiger partial charge in [0.2, 0.25) is 0 Å². The van der Waals surface area contributed by atoms with Crippen molar-refractivity contribution in [2.24, 2.45) is 0 Å². The molecule has 0 aliphatic rings. The number of thiazole rings is 1. The molecule has 11 heteroatoms. The fourth-order valence-electron chi connectivity index (χ4n) is 1.05. The number of hydrogen-bond acceptors (Lipinski definition) is 6. The molecule has 0 saturated heterocycles. The van der Waals surface area contributed by atoms with Crippen LogP contribution in [0.3, 0.4) is 0 Å². The van der Waals surface area contributed by atoms with Crippen LogP contribution < -0.4 is 4.72 Å². The van der Waals surface area contributed by atoms with Gasteiger partial charge in [0.1, 0.15) is 0 Å². The van der Waals surface area contributed by atoms with E-state index in [2.05, 4.69) is 9.72 Å². The zero-order valence-electron chi connectivity index (χ0n) is 9.52. The van der Waals surface area contributed by atoms with Crippen molar-refractivity contribution in [3.8, 4) is 0 Å².